The van der Waals surface area contributed by atoms with Gasteiger partial charge in [-0.25, -0.2) is 0 Å². The summed E-state index contributed by atoms with van der Waals surface area (Å²) in [7, 11) is 0. The Morgan fingerprint density at radius 3 is 2.60 bits per heavy atom. The second-order valence-corrected chi connectivity index (χ2v) is 3.57. The van der Waals surface area contributed by atoms with Gasteiger partial charge in [0.25, 0.3) is 0 Å². The molecule has 0 aliphatic carbocycles. The maximum Gasteiger partial charge on any atom is 0.308 e. The number of carbonyl (C=O) groups is 1. The van der Waals surface area contributed by atoms with Crippen molar-refractivity contribution in [3.05, 3.63) is 23.0 Å². The Kier molecular flexibility index (Phi) is 4.36. The standard InChI is InChI=1S/C10H11Cl2NO2/c1-6-10(15-7(2)14)9(4-12)8(3-11)5-13-6/h5H,3-4H2,1-2H3. The number of alkyl halides is 2. The topological polar surface area (TPSA) is 39.2 Å². The predicted octanol–water partition coefficient (Wildman–Crippen LogP) is 2.79. The molecule has 0 bridgehead atoms. The van der Waals surface area contributed by atoms with E-state index in [4.69, 9.17) is 27.9 Å². The molecule has 0 radical (unpaired) electrons. The monoisotopic (exact) mass is 247 g/mol. The average molecular weight is 248 g/mol. The number of halogens is 2. The van der Waals surface area contributed by atoms with Gasteiger partial charge in [-0.2, -0.15) is 0 Å². The van der Waals surface area contributed by atoms with E-state index in [9.17, 15) is 4.79 Å². The van der Waals surface area contributed by atoms with E-state index in [1.165, 1.54) is 6.92 Å². The Morgan fingerprint density at radius 2 is 2.13 bits per heavy atom. The van der Waals surface area contributed by atoms with Gasteiger partial charge < -0.3 is 4.74 Å². The van der Waals surface area contributed by atoms with Crippen LogP contribution >= 0.6 is 23.2 Å². The number of aromatic nitrogens is 1. The Morgan fingerprint density at radius 1 is 1.47 bits per heavy atom. The molecule has 0 aliphatic heterocycles. The third kappa shape index (κ3) is 2.83. The number of pyridine rings is 1. The van der Waals surface area contributed by atoms with Gasteiger partial charge >= 0.3 is 5.97 Å². The van der Waals surface area contributed by atoms with Crippen molar-refractivity contribution in [1.82, 2.24) is 4.98 Å². The molecule has 0 aromatic carbocycles. The summed E-state index contributed by atoms with van der Waals surface area (Å²) in [6.45, 7) is 3.09. The first-order valence-corrected chi connectivity index (χ1v) is 5.44. The van der Waals surface area contributed by atoms with Gasteiger partial charge in [-0.15, -0.1) is 23.2 Å². The largest absolute Gasteiger partial charge is 0.424 e. The Balaban J connectivity index is 3.25. The van der Waals surface area contributed by atoms with Gasteiger partial charge in [0.1, 0.15) is 0 Å². The minimum absolute atomic E-state index is 0.244. The van der Waals surface area contributed by atoms with E-state index in [1.807, 2.05) is 0 Å². The van der Waals surface area contributed by atoms with E-state index < -0.39 is 5.97 Å². The maximum atomic E-state index is 10.9. The molecule has 1 aromatic rings. The first-order valence-electron chi connectivity index (χ1n) is 4.37. The second kappa shape index (κ2) is 5.33. The van der Waals surface area contributed by atoms with Gasteiger partial charge in [-0.1, -0.05) is 0 Å². The molecule has 0 saturated carbocycles. The van der Waals surface area contributed by atoms with Gasteiger partial charge in [0.2, 0.25) is 0 Å². The van der Waals surface area contributed by atoms with Crippen LogP contribution in [0.4, 0.5) is 0 Å². The fourth-order valence-electron chi connectivity index (χ4n) is 1.22. The zero-order valence-corrected chi connectivity index (χ0v) is 10.0. The van der Waals surface area contributed by atoms with Crippen molar-refractivity contribution >= 4 is 29.2 Å². The van der Waals surface area contributed by atoms with E-state index in [-0.39, 0.29) is 5.88 Å². The third-order valence-corrected chi connectivity index (χ3v) is 2.48. The van der Waals surface area contributed by atoms with E-state index >= 15 is 0 Å². The molecule has 3 nitrogen and oxygen atoms in total. The molecule has 82 valence electrons. The zero-order valence-electron chi connectivity index (χ0n) is 8.51. The lowest BCUT2D eigenvalue weighted by Crippen LogP contribution is -2.07. The molecule has 0 spiro atoms. The molecular formula is C10H11Cl2NO2. The lowest BCUT2D eigenvalue weighted by atomic mass is 10.1. The summed E-state index contributed by atoms with van der Waals surface area (Å²) in [6.07, 6.45) is 1.65. The van der Waals surface area contributed by atoms with Crippen LogP contribution in [-0.4, -0.2) is 11.0 Å². The molecule has 1 rings (SSSR count). The molecule has 0 aliphatic rings. The summed E-state index contributed by atoms with van der Waals surface area (Å²) in [4.78, 5) is 15.0. The molecule has 1 heterocycles. The first kappa shape index (κ1) is 12.3. The minimum atomic E-state index is -0.391. The van der Waals surface area contributed by atoms with Crippen molar-refractivity contribution in [2.75, 3.05) is 0 Å². The van der Waals surface area contributed by atoms with Crippen LogP contribution in [0, 0.1) is 6.92 Å². The fourth-order valence-corrected chi connectivity index (χ4v) is 1.74. The van der Waals surface area contributed by atoms with Crippen LogP contribution in [0.3, 0.4) is 0 Å². The highest BCUT2D eigenvalue weighted by atomic mass is 35.5. The zero-order chi connectivity index (χ0) is 11.4. The number of esters is 1. The molecule has 0 amide bonds. The summed E-state index contributed by atoms with van der Waals surface area (Å²) in [5, 5.41) is 0. The summed E-state index contributed by atoms with van der Waals surface area (Å²) >= 11 is 11.5. The van der Waals surface area contributed by atoms with Crippen molar-refractivity contribution < 1.29 is 9.53 Å². The molecule has 1 aromatic heterocycles. The van der Waals surface area contributed by atoms with Crippen LogP contribution in [0.5, 0.6) is 5.75 Å². The number of aryl methyl sites for hydroxylation is 1. The molecule has 0 unspecified atom stereocenters. The molecule has 15 heavy (non-hydrogen) atoms. The van der Waals surface area contributed by atoms with Crippen molar-refractivity contribution in [3.8, 4) is 5.75 Å². The summed E-state index contributed by atoms with van der Waals surface area (Å²) in [5.74, 6) is 0.575. The van der Waals surface area contributed by atoms with Crippen molar-refractivity contribution in [2.45, 2.75) is 25.6 Å². The van der Waals surface area contributed by atoms with Crippen LogP contribution in [0.1, 0.15) is 23.7 Å². The first-order chi connectivity index (χ1) is 7.10. The van der Waals surface area contributed by atoms with E-state index in [0.29, 0.717) is 17.3 Å². The smallest absolute Gasteiger partial charge is 0.308 e. The highest BCUT2D eigenvalue weighted by Crippen LogP contribution is 2.27. The second-order valence-electron chi connectivity index (χ2n) is 3.04. The normalized spacial score (nSPS) is 10.1. The van der Waals surface area contributed by atoms with Gasteiger partial charge in [-0.3, -0.25) is 9.78 Å². The van der Waals surface area contributed by atoms with Gasteiger partial charge in [-0.05, 0) is 12.5 Å². The molecule has 0 N–H and O–H groups in total. The minimum Gasteiger partial charge on any atom is -0.424 e. The number of carbonyl (C=O) groups excluding carboxylic acids is 1. The quantitative estimate of drug-likeness (QED) is 0.609. The Bertz CT molecular complexity index is 380. The fraction of sp³-hybridized carbons (Fsp3) is 0.400. The predicted molar refractivity (Wildman–Crippen MR) is 59.4 cm³/mol. The molecule has 0 atom stereocenters. The number of hydrogen-bond acceptors (Lipinski definition) is 3. The van der Waals surface area contributed by atoms with Crippen molar-refractivity contribution in [2.24, 2.45) is 0 Å². The molecule has 5 heteroatoms. The number of nitrogens with zero attached hydrogens (tertiary/aromatic N) is 1. The van der Waals surface area contributed by atoms with E-state index in [1.54, 1.807) is 13.1 Å². The SMILES string of the molecule is CC(=O)Oc1c(C)ncc(CCl)c1CCl. The van der Waals surface area contributed by atoms with Gasteiger partial charge in [0.15, 0.2) is 5.75 Å². The van der Waals surface area contributed by atoms with Crippen LogP contribution < -0.4 is 4.74 Å². The molecule has 0 fully saturated rings. The average Bonchev–Trinajstić information content (AvgIpc) is 2.20. The highest BCUT2D eigenvalue weighted by Gasteiger charge is 2.14. The van der Waals surface area contributed by atoms with Crippen LogP contribution in [-0.2, 0) is 16.6 Å². The van der Waals surface area contributed by atoms with Crippen LogP contribution in [0.15, 0.2) is 6.20 Å². The Hall–Kier alpha value is -0.800. The number of hydrogen-bond donors (Lipinski definition) is 0. The number of rotatable bonds is 3. The van der Waals surface area contributed by atoms with E-state index in [0.717, 1.165) is 11.1 Å². The van der Waals surface area contributed by atoms with Gasteiger partial charge in [0.05, 0.1) is 11.6 Å². The number of ether oxygens (including phenoxy) is 1. The lowest BCUT2D eigenvalue weighted by molar-refractivity contribution is -0.132. The van der Waals surface area contributed by atoms with E-state index in [2.05, 4.69) is 4.98 Å². The van der Waals surface area contributed by atoms with Gasteiger partial charge in [0, 0.05) is 24.6 Å². The highest BCUT2D eigenvalue weighted by molar-refractivity contribution is 6.19. The molecular weight excluding hydrogens is 237 g/mol. The van der Waals surface area contributed by atoms with Crippen molar-refractivity contribution in [1.29, 1.82) is 0 Å². The Labute approximate surface area is 98.4 Å². The summed E-state index contributed by atoms with van der Waals surface area (Å²) < 4.78 is 5.07. The van der Waals surface area contributed by atoms with Crippen molar-refractivity contribution in [3.63, 3.8) is 0 Å². The molecule has 0 saturated heterocycles. The summed E-state index contributed by atoms with van der Waals surface area (Å²) in [5.41, 5.74) is 2.15. The lowest BCUT2D eigenvalue weighted by Gasteiger charge is -2.12. The van der Waals surface area contributed by atoms with Crippen LogP contribution in [0.25, 0.3) is 0 Å². The maximum absolute atomic E-state index is 10.9. The summed E-state index contributed by atoms with van der Waals surface area (Å²) in [6, 6.07) is 0. The third-order valence-electron chi connectivity index (χ3n) is 1.93. The van der Waals surface area contributed by atoms with Crippen LogP contribution in [0.2, 0.25) is 0 Å².